The van der Waals surface area contributed by atoms with E-state index >= 15 is 0 Å². The molecule has 0 aromatic carbocycles. The molecule has 0 amide bonds. The van der Waals surface area contributed by atoms with Gasteiger partial charge in [0, 0.05) is 5.25 Å². The van der Waals surface area contributed by atoms with Gasteiger partial charge in [-0.1, -0.05) is 78.1 Å². The van der Waals surface area contributed by atoms with Crippen molar-refractivity contribution in [1.29, 1.82) is 0 Å². The number of unbranched alkanes of at least 4 members (excludes halogenated alkanes) is 7. The van der Waals surface area contributed by atoms with Crippen LogP contribution in [0.1, 0.15) is 104 Å². The van der Waals surface area contributed by atoms with Crippen molar-refractivity contribution in [3.05, 3.63) is 0 Å². The molecule has 0 aliphatic heterocycles. The van der Waals surface area contributed by atoms with Crippen LogP contribution in [-0.2, 0) is 10.1 Å². The Morgan fingerprint density at radius 1 is 0.750 bits per heavy atom. The Labute approximate surface area is 192 Å². The van der Waals surface area contributed by atoms with Gasteiger partial charge in [0.05, 0.1) is 16.2 Å². The van der Waals surface area contributed by atoms with Crippen LogP contribution in [0.4, 0.5) is 0 Å². The molecular weight excluding hydrogens is 351 g/mol. The zero-order valence-electron chi connectivity index (χ0n) is 16.1. The predicted molar refractivity (Wildman–Crippen MR) is 95.5 cm³/mol. The molecule has 2 atom stereocenters. The van der Waals surface area contributed by atoms with Gasteiger partial charge >= 0.3 is 51.4 Å². The molecule has 0 saturated heterocycles. The molecule has 0 aromatic rings. The summed E-state index contributed by atoms with van der Waals surface area (Å²) in [4.78, 5) is 0. The van der Waals surface area contributed by atoms with Crippen LogP contribution in [-0.4, -0.2) is 29.4 Å². The Morgan fingerprint density at radius 2 is 1.17 bits per heavy atom. The zero-order chi connectivity index (χ0) is 17.6. The molecule has 2 unspecified atom stereocenters. The molecule has 0 heterocycles. The standard InChI is InChI=1S/C18H38O4S.K/c1-3-5-7-10-13-17(19)14-11-8-9-12-16-18(15-6-4-2)23(20,21)22;/h17-19H,3-16H2,1-2H3,(H,20,21,22);/q;+1/p-1. The molecule has 4 nitrogen and oxygen atoms in total. The third-order valence-electron chi connectivity index (χ3n) is 4.49. The topological polar surface area (TPSA) is 77.4 Å². The van der Waals surface area contributed by atoms with Crippen molar-refractivity contribution in [2.45, 2.75) is 115 Å². The molecule has 0 bridgehead atoms. The molecule has 6 heteroatoms. The van der Waals surface area contributed by atoms with E-state index < -0.39 is 15.4 Å². The summed E-state index contributed by atoms with van der Waals surface area (Å²) in [6, 6.07) is 0. The summed E-state index contributed by atoms with van der Waals surface area (Å²) in [6.07, 6.45) is 12.8. The zero-order valence-corrected chi connectivity index (χ0v) is 20.1. The Kier molecular flexibility index (Phi) is 20.7. The van der Waals surface area contributed by atoms with Gasteiger partial charge in [-0.2, -0.15) is 0 Å². The fourth-order valence-electron chi connectivity index (χ4n) is 2.92. The maximum absolute atomic E-state index is 11.2. The molecule has 0 aliphatic carbocycles. The van der Waals surface area contributed by atoms with E-state index in [9.17, 15) is 18.1 Å². The summed E-state index contributed by atoms with van der Waals surface area (Å²) in [5.41, 5.74) is 0. The fourth-order valence-corrected chi connectivity index (χ4v) is 3.83. The first-order valence-electron chi connectivity index (χ1n) is 9.54. The van der Waals surface area contributed by atoms with Crippen LogP contribution in [0.25, 0.3) is 0 Å². The van der Waals surface area contributed by atoms with E-state index in [0.29, 0.717) is 12.8 Å². The summed E-state index contributed by atoms with van der Waals surface area (Å²) in [7, 11) is -4.15. The normalized spacial score (nSPS) is 14.2. The molecule has 0 aliphatic rings. The first kappa shape index (κ1) is 27.7. The van der Waals surface area contributed by atoms with Gasteiger partial charge in [-0.05, 0) is 25.7 Å². The maximum atomic E-state index is 11.2. The van der Waals surface area contributed by atoms with Crippen molar-refractivity contribution in [2.24, 2.45) is 0 Å². The fraction of sp³-hybridized carbons (Fsp3) is 1.00. The van der Waals surface area contributed by atoms with Gasteiger partial charge in [0.1, 0.15) is 0 Å². The molecule has 24 heavy (non-hydrogen) atoms. The smallest absolute Gasteiger partial charge is 0.748 e. The van der Waals surface area contributed by atoms with Crippen molar-refractivity contribution >= 4 is 10.1 Å². The molecule has 0 radical (unpaired) electrons. The minimum absolute atomic E-state index is 0. The summed E-state index contributed by atoms with van der Waals surface area (Å²) < 4.78 is 33.6. The van der Waals surface area contributed by atoms with Gasteiger partial charge in [-0.25, -0.2) is 8.42 Å². The second-order valence-corrected chi connectivity index (χ2v) is 8.40. The average molecular weight is 389 g/mol. The van der Waals surface area contributed by atoms with E-state index in [1.807, 2.05) is 6.92 Å². The molecule has 0 aromatic heterocycles. The SMILES string of the molecule is CCCCCCC(O)CCCCCCC(CCCC)S(=O)(=O)[O-].[K+]. The Hall–Kier alpha value is 1.51. The van der Waals surface area contributed by atoms with Crippen molar-refractivity contribution in [1.82, 2.24) is 0 Å². The third-order valence-corrected chi connectivity index (χ3v) is 5.78. The molecule has 0 saturated carbocycles. The molecular formula is C18H37KO4S. The number of hydrogen-bond donors (Lipinski definition) is 1. The third kappa shape index (κ3) is 16.9. The van der Waals surface area contributed by atoms with E-state index in [1.54, 1.807) is 0 Å². The van der Waals surface area contributed by atoms with Crippen LogP contribution in [0, 0.1) is 0 Å². The van der Waals surface area contributed by atoms with Crippen LogP contribution in [0.3, 0.4) is 0 Å². The van der Waals surface area contributed by atoms with Gasteiger partial charge in [-0.15, -0.1) is 0 Å². The molecule has 0 fully saturated rings. The monoisotopic (exact) mass is 388 g/mol. The maximum Gasteiger partial charge on any atom is 1.00 e. The molecule has 0 rings (SSSR count). The summed E-state index contributed by atoms with van der Waals surface area (Å²) in [6.45, 7) is 4.18. The Bertz CT molecular complexity index is 360. The van der Waals surface area contributed by atoms with Gasteiger partial charge in [0.15, 0.2) is 0 Å². The summed E-state index contributed by atoms with van der Waals surface area (Å²) >= 11 is 0. The van der Waals surface area contributed by atoms with Crippen LogP contribution in [0.15, 0.2) is 0 Å². The van der Waals surface area contributed by atoms with Gasteiger partial charge in [0.2, 0.25) is 0 Å². The van der Waals surface area contributed by atoms with E-state index in [4.69, 9.17) is 0 Å². The van der Waals surface area contributed by atoms with E-state index in [0.717, 1.165) is 57.8 Å². The van der Waals surface area contributed by atoms with Gasteiger partial charge in [-0.3, -0.25) is 0 Å². The van der Waals surface area contributed by atoms with Crippen LogP contribution >= 0.6 is 0 Å². The quantitative estimate of drug-likeness (QED) is 0.248. The minimum atomic E-state index is -4.15. The second-order valence-electron chi connectivity index (χ2n) is 6.75. The second kappa shape index (κ2) is 17.9. The van der Waals surface area contributed by atoms with E-state index in [2.05, 4.69) is 6.92 Å². The van der Waals surface area contributed by atoms with Crippen molar-refractivity contribution in [3.8, 4) is 0 Å². The van der Waals surface area contributed by atoms with Crippen molar-refractivity contribution < 1.29 is 69.5 Å². The number of rotatable bonds is 16. The van der Waals surface area contributed by atoms with Gasteiger partial charge in [0.25, 0.3) is 0 Å². The van der Waals surface area contributed by atoms with E-state index in [-0.39, 0.29) is 57.5 Å². The van der Waals surface area contributed by atoms with Gasteiger partial charge < -0.3 is 9.66 Å². The van der Waals surface area contributed by atoms with Crippen LogP contribution in [0.5, 0.6) is 0 Å². The van der Waals surface area contributed by atoms with Crippen LogP contribution in [0.2, 0.25) is 0 Å². The number of aliphatic hydroxyl groups excluding tert-OH is 1. The molecule has 1 N–H and O–H groups in total. The Morgan fingerprint density at radius 3 is 1.62 bits per heavy atom. The number of aliphatic hydroxyl groups is 1. The molecule has 0 spiro atoms. The molecule has 140 valence electrons. The summed E-state index contributed by atoms with van der Waals surface area (Å²) in [5, 5.41) is 9.17. The first-order valence-corrected chi connectivity index (χ1v) is 11.0. The minimum Gasteiger partial charge on any atom is -0.748 e. The Balaban J connectivity index is 0. The van der Waals surface area contributed by atoms with Crippen molar-refractivity contribution in [3.63, 3.8) is 0 Å². The predicted octanol–water partition coefficient (Wildman–Crippen LogP) is 1.77. The first-order chi connectivity index (χ1) is 10.9. The largest absolute Gasteiger partial charge is 1.00 e. The summed E-state index contributed by atoms with van der Waals surface area (Å²) in [5.74, 6) is 0. The van der Waals surface area contributed by atoms with E-state index in [1.165, 1.54) is 19.3 Å². The number of hydrogen-bond acceptors (Lipinski definition) is 4. The van der Waals surface area contributed by atoms with Crippen molar-refractivity contribution in [2.75, 3.05) is 0 Å². The van der Waals surface area contributed by atoms with Crippen LogP contribution < -0.4 is 51.4 Å². The average Bonchev–Trinajstić information content (AvgIpc) is 2.48.